The molecule has 4 nitrogen and oxygen atoms in total. The number of aliphatic imine (C=N–C) groups is 1. The quantitative estimate of drug-likeness (QED) is 0.417. The first-order valence-electron chi connectivity index (χ1n) is 12.5. The van der Waals surface area contributed by atoms with Gasteiger partial charge in [-0.1, -0.05) is 46.5 Å². The van der Waals surface area contributed by atoms with Crippen molar-refractivity contribution in [1.82, 2.24) is 0 Å². The lowest BCUT2D eigenvalue weighted by molar-refractivity contribution is -0.122. The number of ether oxygens (including phenoxy) is 1. The average Bonchev–Trinajstić information content (AvgIpc) is 3.52. The van der Waals surface area contributed by atoms with Crippen molar-refractivity contribution < 1.29 is 14.6 Å². The number of rotatable bonds is 8. The summed E-state index contributed by atoms with van der Waals surface area (Å²) in [6, 6.07) is 4.36. The van der Waals surface area contributed by atoms with E-state index in [-0.39, 0.29) is 12.2 Å². The Bertz CT molecular complexity index is 738. The van der Waals surface area contributed by atoms with Crippen LogP contribution in [-0.4, -0.2) is 29.3 Å². The normalized spacial score (nSPS) is 16.2. The van der Waals surface area contributed by atoms with Gasteiger partial charge in [0.25, 0.3) is 0 Å². The van der Waals surface area contributed by atoms with Gasteiger partial charge in [0.2, 0.25) is 0 Å². The Morgan fingerprint density at radius 3 is 2.12 bits per heavy atom. The van der Waals surface area contributed by atoms with E-state index in [4.69, 9.17) is 14.8 Å². The molecule has 2 aliphatic carbocycles. The highest BCUT2D eigenvalue weighted by Crippen LogP contribution is 2.46. The van der Waals surface area contributed by atoms with Gasteiger partial charge in [-0.15, -0.1) is 0 Å². The molecule has 0 saturated heterocycles. The molecule has 0 heterocycles. The van der Waals surface area contributed by atoms with Crippen LogP contribution in [0, 0.1) is 12.8 Å². The third kappa shape index (κ3) is 11.3. The van der Waals surface area contributed by atoms with E-state index < -0.39 is 5.60 Å². The number of carbonyl (C=O) groups is 1. The molecule has 1 N–H and O–H groups in total. The van der Waals surface area contributed by atoms with Gasteiger partial charge in [0.15, 0.2) is 0 Å². The van der Waals surface area contributed by atoms with Gasteiger partial charge >= 0.3 is 0 Å². The topological polar surface area (TPSA) is 58.9 Å². The van der Waals surface area contributed by atoms with Crippen molar-refractivity contribution in [3.63, 3.8) is 0 Å². The summed E-state index contributed by atoms with van der Waals surface area (Å²) in [6.45, 7) is 13.8. The van der Waals surface area contributed by atoms with E-state index in [2.05, 4.69) is 39.8 Å². The van der Waals surface area contributed by atoms with Crippen molar-refractivity contribution in [3.05, 3.63) is 23.3 Å². The molecule has 2 aliphatic rings. The molecule has 0 aromatic heterocycles. The Hall–Kier alpha value is -1.68. The Kier molecular flexibility index (Phi) is 12.2. The number of hydrogen-bond acceptors (Lipinski definition) is 4. The maximum absolute atomic E-state index is 10.7. The van der Waals surface area contributed by atoms with E-state index in [0.717, 1.165) is 30.2 Å². The Morgan fingerprint density at radius 1 is 1.19 bits per heavy atom. The van der Waals surface area contributed by atoms with E-state index in [1.165, 1.54) is 48.9 Å². The molecule has 182 valence electrons. The van der Waals surface area contributed by atoms with Gasteiger partial charge in [-0.3, -0.25) is 9.79 Å². The number of hydrogen-bond donors (Lipinski definition) is 1. The van der Waals surface area contributed by atoms with Crippen LogP contribution in [0.1, 0.15) is 116 Å². The first-order valence-corrected chi connectivity index (χ1v) is 12.5. The summed E-state index contributed by atoms with van der Waals surface area (Å²) in [5.41, 5.74) is 4.05. The number of benzene rings is 1. The third-order valence-corrected chi connectivity index (χ3v) is 5.91. The van der Waals surface area contributed by atoms with E-state index in [1.54, 1.807) is 27.9 Å². The molecule has 0 aliphatic heterocycles. The second kappa shape index (κ2) is 13.8. The van der Waals surface area contributed by atoms with Gasteiger partial charge in [0, 0.05) is 24.6 Å². The number of ketones is 1. The fraction of sp³-hybridized carbons (Fsp3) is 0.714. The molecule has 0 bridgehead atoms. The summed E-state index contributed by atoms with van der Waals surface area (Å²) in [5.74, 6) is 2.90. The first kappa shape index (κ1) is 28.4. The zero-order valence-corrected chi connectivity index (χ0v) is 21.9. The van der Waals surface area contributed by atoms with Gasteiger partial charge in [0.05, 0.1) is 18.4 Å². The van der Waals surface area contributed by atoms with Crippen LogP contribution in [-0.2, 0) is 4.79 Å². The average molecular weight is 446 g/mol. The van der Waals surface area contributed by atoms with Crippen LogP contribution < -0.4 is 4.74 Å². The van der Waals surface area contributed by atoms with E-state index in [0.29, 0.717) is 12.3 Å². The maximum atomic E-state index is 10.7. The number of methoxy groups -OCH3 is 1. The number of aliphatic hydroxyl groups is 1. The lowest BCUT2D eigenvalue weighted by Gasteiger charge is -2.18. The van der Waals surface area contributed by atoms with Crippen LogP contribution >= 0.6 is 0 Å². The van der Waals surface area contributed by atoms with Crippen molar-refractivity contribution >= 4 is 17.2 Å². The number of carbonyl (C=O) groups excluding carboxylic acids is 1. The van der Waals surface area contributed by atoms with Crippen molar-refractivity contribution in [2.24, 2.45) is 10.9 Å². The summed E-state index contributed by atoms with van der Waals surface area (Å²) in [5, 5.41) is 9.10. The van der Waals surface area contributed by atoms with Crippen LogP contribution in [0.25, 0.3) is 0 Å². The summed E-state index contributed by atoms with van der Waals surface area (Å²) in [4.78, 5) is 15.4. The molecular weight excluding hydrogens is 398 g/mol. The maximum Gasteiger partial charge on any atom is 0.135 e. The summed E-state index contributed by atoms with van der Waals surface area (Å²) in [6.07, 6.45) is 10.0. The largest absolute Gasteiger partial charge is 0.496 e. The SMILES string of the molecule is CC1CCC1.CCC(=O)CC(C)(C)O.CCCC(C)=Nc1cc(OC)c(C2CC2)cc1C. The molecule has 3 rings (SSSR count). The molecule has 1 aromatic rings. The minimum Gasteiger partial charge on any atom is -0.496 e. The fourth-order valence-corrected chi connectivity index (χ4v) is 3.55. The predicted molar refractivity (Wildman–Crippen MR) is 137 cm³/mol. The highest BCUT2D eigenvalue weighted by atomic mass is 16.5. The van der Waals surface area contributed by atoms with Crippen molar-refractivity contribution in [2.75, 3.05) is 7.11 Å². The van der Waals surface area contributed by atoms with E-state index in [9.17, 15) is 4.79 Å². The summed E-state index contributed by atoms with van der Waals surface area (Å²) in [7, 11) is 1.75. The molecule has 2 fully saturated rings. The highest BCUT2D eigenvalue weighted by molar-refractivity contribution is 5.85. The Morgan fingerprint density at radius 2 is 1.78 bits per heavy atom. The smallest absolute Gasteiger partial charge is 0.135 e. The monoisotopic (exact) mass is 445 g/mol. The molecule has 1 aromatic carbocycles. The molecule has 0 amide bonds. The summed E-state index contributed by atoms with van der Waals surface area (Å²) < 4.78 is 5.51. The van der Waals surface area contributed by atoms with Crippen molar-refractivity contribution in [3.8, 4) is 5.75 Å². The number of aryl methyl sites for hydroxylation is 1. The second-order valence-corrected chi connectivity index (χ2v) is 10.2. The number of nitrogens with zero attached hydrogens (tertiary/aromatic N) is 1. The van der Waals surface area contributed by atoms with Crippen molar-refractivity contribution in [2.45, 2.75) is 118 Å². The molecule has 0 unspecified atom stereocenters. The lowest BCUT2D eigenvalue weighted by atomic mass is 9.88. The van der Waals surface area contributed by atoms with Gasteiger partial charge in [-0.25, -0.2) is 0 Å². The highest BCUT2D eigenvalue weighted by Gasteiger charge is 2.27. The van der Waals surface area contributed by atoms with E-state index >= 15 is 0 Å². The van der Waals surface area contributed by atoms with Gasteiger partial charge in [-0.05, 0) is 76.0 Å². The Labute approximate surface area is 196 Å². The molecule has 0 spiro atoms. The molecule has 32 heavy (non-hydrogen) atoms. The minimum atomic E-state index is -0.826. The van der Waals surface area contributed by atoms with Crippen LogP contribution in [0.3, 0.4) is 0 Å². The molecule has 2 saturated carbocycles. The van der Waals surface area contributed by atoms with Gasteiger partial charge < -0.3 is 9.84 Å². The minimum absolute atomic E-state index is 0.113. The summed E-state index contributed by atoms with van der Waals surface area (Å²) >= 11 is 0. The van der Waals surface area contributed by atoms with Crippen LogP contribution in [0.4, 0.5) is 5.69 Å². The van der Waals surface area contributed by atoms with Gasteiger partial charge in [-0.2, -0.15) is 0 Å². The lowest BCUT2D eigenvalue weighted by Crippen LogP contribution is -2.22. The second-order valence-electron chi connectivity index (χ2n) is 10.2. The zero-order chi connectivity index (χ0) is 24.3. The number of Topliss-reactive ketones (excluding diaryl/α,β-unsaturated/α-hetero) is 1. The molecule has 4 heteroatoms. The van der Waals surface area contributed by atoms with Crippen LogP contribution in [0.15, 0.2) is 17.1 Å². The predicted octanol–water partition coefficient (Wildman–Crippen LogP) is 7.71. The standard InChI is InChI=1S/C16H23NO.C7H14O2.C5H10/c1-5-6-12(3)17-15-10-16(18-4)14(9-11(15)2)13-7-8-13;1-4-6(8)5-7(2,3)9;1-5-3-2-4-5/h9-10,13H,5-8H2,1-4H3;9H,4-5H2,1-3H3;5H,2-4H2,1H3. The van der Waals surface area contributed by atoms with Crippen LogP contribution in [0.5, 0.6) is 5.75 Å². The van der Waals surface area contributed by atoms with Crippen LogP contribution in [0.2, 0.25) is 0 Å². The first-order chi connectivity index (χ1) is 15.0. The van der Waals surface area contributed by atoms with Crippen molar-refractivity contribution in [1.29, 1.82) is 0 Å². The molecular formula is C28H47NO3. The van der Waals surface area contributed by atoms with E-state index in [1.807, 2.05) is 0 Å². The fourth-order valence-electron chi connectivity index (χ4n) is 3.55. The third-order valence-electron chi connectivity index (χ3n) is 5.91. The zero-order valence-electron chi connectivity index (χ0n) is 21.9. The molecule has 0 atom stereocenters. The Balaban J connectivity index is 0.000000302. The molecule has 0 radical (unpaired) electrons. The van der Waals surface area contributed by atoms with Gasteiger partial charge in [0.1, 0.15) is 11.5 Å².